The average Bonchev–Trinajstić information content (AvgIpc) is 2.56. The fourth-order valence-corrected chi connectivity index (χ4v) is 2.81. The smallest absolute Gasteiger partial charge is 0.191 e. The predicted octanol–water partition coefficient (Wildman–Crippen LogP) is 1.54. The summed E-state index contributed by atoms with van der Waals surface area (Å²) in [4.78, 5) is 8.83. The highest BCUT2D eigenvalue weighted by Gasteiger charge is 2.21. The molecule has 0 bridgehead atoms. The first-order valence-electron chi connectivity index (χ1n) is 8.27. The molecule has 5 nitrogen and oxygen atoms in total. The molecule has 1 aliphatic heterocycles. The number of hydrogen-bond donors (Lipinski definition) is 2. The monoisotopic (exact) mass is 467 g/mol. The van der Waals surface area contributed by atoms with Crippen molar-refractivity contribution in [3.05, 3.63) is 35.4 Å². The van der Waals surface area contributed by atoms with E-state index in [4.69, 9.17) is 0 Å². The van der Waals surface area contributed by atoms with Gasteiger partial charge in [-0.25, -0.2) is 8.78 Å². The van der Waals surface area contributed by atoms with E-state index in [9.17, 15) is 8.78 Å². The summed E-state index contributed by atoms with van der Waals surface area (Å²) in [7, 11) is 5.96. The van der Waals surface area contributed by atoms with Crippen LogP contribution in [0.3, 0.4) is 0 Å². The summed E-state index contributed by atoms with van der Waals surface area (Å²) >= 11 is 0. The van der Waals surface area contributed by atoms with Crippen molar-refractivity contribution in [3.8, 4) is 0 Å². The van der Waals surface area contributed by atoms with Gasteiger partial charge in [-0.05, 0) is 44.3 Å². The molecule has 0 aromatic heterocycles. The van der Waals surface area contributed by atoms with E-state index in [0.717, 1.165) is 38.3 Å². The van der Waals surface area contributed by atoms with Gasteiger partial charge in [-0.1, -0.05) is 0 Å². The van der Waals surface area contributed by atoms with Crippen molar-refractivity contribution in [2.24, 2.45) is 4.99 Å². The van der Waals surface area contributed by atoms with Crippen LogP contribution in [0.25, 0.3) is 0 Å². The van der Waals surface area contributed by atoms with Crippen LogP contribution in [0.15, 0.2) is 23.2 Å². The lowest BCUT2D eigenvalue weighted by Gasteiger charge is -2.37. The molecule has 1 fully saturated rings. The van der Waals surface area contributed by atoms with E-state index in [2.05, 4.69) is 39.5 Å². The Hall–Kier alpha value is -1.00. The molecule has 1 aliphatic rings. The topological polar surface area (TPSA) is 42.9 Å². The molecule has 1 heterocycles. The fraction of sp³-hybridized carbons (Fsp3) is 0.588. The number of nitrogens with zero attached hydrogens (tertiary/aromatic N) is 3. The number of hydrogen-bond acceptors (Lipinski definition) is 3. The van der Waals surface area contributed by atoms with Gasteiger partial charge in [-0.2, -0.15) is 0 Å². The maximum atomic E-state index is 13.6. The molecule has 2 N–H and O–H groups in total. The van der Waals surface area contributed by atoms with Crippen LogP contribution in [-0.4, -0.2) is 75.7 Å². The lowest BCUT2D eigenvalue weighted by atomic mass is 10.1. The molecule has 142 valence electrons. The van der Waals surface area contributed by atoms with Crippen LogP contribution in [0.5, 0.6) is 0 Å². The second-order valence-corrected chi connectivity index (χ2v) is 6.26. The Bertz CT molecular complexity index is 570. The summed E-state index contributed by atoms with van der Waals surface area (Å²) < 4.78 is 26.8. The SMILES string of the molecule is CN=C(NCCc1cc(F)ccc1F)NCC1CN(C)CCN1C.I. The zero-order chi connectivity index (χ0) is 17.5. The quantitative estimate of drug-likeness (QED) is 0.392. The van der Waals surface area contributed by atoms with Crippen molar-refractivity contribution in [1.29, 1.82) is 0 Å². The van der Waals surface area contributed by atoms with E-state index in [-0.39, 0.29) is 29.8 Å². The van der Waals surface area contributed by atoms with Gasteiger partial charge < -0.3 is 15.5 Å². The van der Waals surface area contributed by atoms with Crippen molar-refractivity contribution in [1.82, 2.24) is 20.4 Å². The van der Waals surface area contributed by atoms with Gasteiger partial charge in [0.25, 0.3) is 0 Å². The Morgan fingerprint density at radius 3 is 2.72 bits per heavy atom. The highest BCUT2D eigenvalue weighted by Crippen LogP contribution is 2.09. The van der Waals surface area contributed by atoms with Crippen molar-refractivity contribution in [2.75, 3.05) is 53.9 Å². The number of nitrogens with one attached hydrogen (secondary N) is 2. The molecular weight excluding hydrogens is 439 g/mol. The first kappa shape index (κ1) is 22.0. The first-order chi connectivity index (χ1) is 11.5. The number of rotatable bonds is 5. The normalized spacial score (nSPS) is 19.4. The van der Waals surface area contributed by atoms with Gasteiger partial charge in [0.1, 0.15) is 11.6 Å². The van der Waals surface area contributed by atoms with Crippen LogP contribution in [0.2, 0.25) is 0 Å². The zero-order valence-corrected chi connectivity index (χ0v) is 17.4. The Kier molecular flexibility index (Phi) is 9.58. The van der Waals surface area contributed by atoms with Crippen LogP contribution in [0, 0.1) is 11.6 Å². The van der Waals surface area contributed by atoms with Gasteiger partial charge in [0.05, 0.1) is 0 Å². The molecule has 0 saturated carbocycles. The second kappa shape index (κ2) is 10.9. The van der Waals surface area contributed by atoms with Crippen LogP contribution in [0.1, 0.15) is 5.56 Å². The minimum absolute atomic E-state index is 0. The van der Waals surface area contributed by atoms with E-state index in [1.54, 1.807) is 7.05 Å². The van der Waals surface area contributed by atoms with Gasteiger partial charge in [-0.3, -0.25) is 9.89 Å². The summed E-state index contributed by atoms with van der Waals surface area (Å²) in [5, 5.41) is 6.45. The van der Waals surface area contributed by atoms with Crippen molar-refractivity contribution >= 4 is 29.9 Å². The second-order valence-electron chi connectivity index (χ2n) is 6.26. The predicted molar refractivity (Wildman–Crippen MR) is 109 cm³/mol. The third kappa shape index (κ3) is 7.02. The van der Waals surface area contributed by atoms with Gasteiger partial charge in [-0.15, -0.1) is 24.0 Å². The molecule has 0 aliphatic carbocycles. The summed E-state index contributed by atoms with van der Waals surface area (Å²) in [5.74, 6) is -0.125. The Labute approximate surface area is 165 Å². The maximum absolute atomic E-state index is 13.6. The summed E-state index contributed by atoms with van der Waals surface area (Å²) in [6, 6.07) is 3.94. The Balaban J connectivity index is 0.00000312. The molecular formula is C17H28F2IN5. The van der Waals surface area contributed by atoms with Crippen LogP contribution >= 0.6 is 24.0 Å². The molecule has 0 radical (unpaired) electrons. The van der Waals surface area contributed by atoms with E-state index in [1.807, 2.05) is 0 Å². The molecule has 0 spiro atoms. The number of halogens is 3. The van der Waals surface area contributed by atoms with Crippen molar-refractivity contribution < 1.29 is 8.78 Å². The minimum atomic E-state index is -0.418. The van der Waals surface area contributed by atoms with E-state index in [1.165, 1.54) is 6.07 Å². The van der Waals surface area contributed by atoms with Gasteiger partial charge in [0.2, 0.25) is 0 Å². The van der Waals surface area contributed by atoms with Crippen LogP contribution in [0.4, 0.5) is 8.78 Å². The molecule has 1 saturated heterocycles. The molecule has 0 amide bonds. The van der Waals surface area contributed by atoms with E-state index >= 15 is 0 Å². The molecule has 1 unspecified atom stereocenters. The number of aliphatic imine (C=N–C) groups is 1. The third-order valence-electron chi connectivity index (χ3n) is 4.40. The summed E-state index contributed by atoms with van der Waals surface area (Å²) in [5.41, 5.74) is 0.367. The first-order valence-corrected chi connectivity index (χ1v) is 8.27. The van der Waals surface area contributed by atoms with Gasteiger partial charge in [0.15, 0.2) is 5.96 Å². The molecule has 1 aromatic rings. The minimum Gasteiger partial charge on any atom is -0.356 e. The number of likely N-dealkylation sites (N-methyl/N-ethyl adjacent to an activating group) is 2. The molecule has 8 heteroatoms. The highest BCUT2D eigenvalue weighted by molar-refractivity contribution is 14.0. The lowest BCUT2D eigenvalue weighted by Crippen LogP contribution is -2.55. The van der Waals surface area contributed by atoms with Gasteiger partial charge in [0, 0.05) is 45.8 Å². The zero-order valence-electron chi connectivity index (χ0n) is 15.1. The summed E-state index contributed by atoms with van der Waals surface area (Å²) in [6.07, 6.45) is 0.399. The fourth-order valence-electron chi connectivity index (χ4n) is 2.81. The number of guanidine groups is 1. The largest absolute Gasteiger partial charge is 0.356 e. The Morgan fingerprint density at radius 1 is 1.24 bits per heavy atom. The molecule has 1 aromatic carbocycles. The molecule has 25 heavy (non-hydrogen) atoms. The van der Waals surface area contributed by atoms with Crippen molar-refractivity contribution in [2.45, 2.75) is 12.5 Å². The average molecular weight is 467 g/mol. The lowest BCUT2D eigenvalue weighted by molar-refractivity contribution is 0.116. The third-order valence-corrected chi connectivity index (χ3v) is 4.40. The highest BCUT2D eigenvalue weighted by atomic mass is 127. The number of piperazine rings is 1. The number of benzene rings is 1. The van der Waals surface area contributed by atoms with Crippen LogP contribution in [-0.2, 0) is 6.42 Å². The van der Waals surface area contributed by atoms with E-state index < -0.39 is 5.82 Å². The Morgan fingerprint density at radius 2 is 2.00 bits per heavy atom. The van der Waals surface area contributed by atoms with Crippen molar-refractivity contribution in [3.63, 3.8) is 0 Å². The standard InChI is InChI=1S/C17H27F2N5.HI/c1-20-17(22-11-15-12-23(2)8-9-24(15)3)21-7-6-13-10-14(18)4-5-16(13)19;/h4-5,10,15H,6-9,11-12H2,1-3H3,(H2,20,21,22);1H. The molecule has 2 rings (SSSR count). The van der Waals surface area contributed by atoms with E-state index in [0.29, 0.717) is 30.5 Å². The summed E-state index contributed by atoms with van der Waals surface area (Å²) in [6.45, 7) is 4.41. The van der Waals surface area contributed by atoms with Crippen LogP contribution < -0.4 is 10.6 Å². The van der Waals surface area contributed by atoms with Gasteiger partial charge >= 0.3 is 0 Å². The molecule has 1 atom stereocenters. The maximum Gasteiger partial charge on any atom is 0.191 e.